The van der Waals surface area contributed by atoms with Crippen LogP contribution >= 0.6 is 15.9 Å². The minimum Gasteiger partial charge on any atom is -0.352 e. The van der Waals surface area contributed by atoms with Crippen LogP contribution in [0, 0.1) is 0 Å². The van der Waals surface area contributed by atoms with Gasteiger partial charge in [0.25, 0.3) is 5.91 Å². The van der Waals surface area contributed by atoms with Crippen molar-refractivity contribution in [3.8, 4) is 0 Å². The maximum Gasteiger partial charge on any atom is 0.252 e. The molecule has 2 amide bonds. The first kappa shape index (κ1) is 17.7. The number of rotatable bonds is 5. The molecule has 0 atom stereocenters. The molecular formula is C20H21BrN2O2. The van der Waals surface area contributed by atoms with E-state index in [1.807, 2.05) is 35.2 Å². The zero-order chi connectivity index (χ0) is 17.6. The number of hydrogen-bond donors (Lipinski definition) is 1. The molecule has 3 rings (SSSR count). The Morgan fingerprint density at radius 3 is 2.56 bits per heavy atom. The highest BCUT2D eigenvalue weighted by molar-refractivity contribution is 9.10. The van der Waals surface area contributed by atoms with Crippen molar-refractivity contribution in [1.82, 2.24) is 10.2 Å². The van der Waals surface area contributed by atoms with E-state index in [0.29, 0.717) is 31.5 Å². The van der Waals surface area contributed by atoms with Crippen molar-refractivity contribution in [2.75, 3.05) is 13.1 Å². The zero-order valence-corrected chi connectivity index (χ0v) is 15.6. The molecule has 1 heterocycles. The highest BCUT2D eigenvalue weighted by Crippen LogP contribution is 2.19. The van der Waals surface area contributed by atoms with E-state index >= 15 is 0 Å². The number of nitrogens with one attached hydrogen (secondary N) is 1. The van der Waals surface area contributed by atoms with E-state index in [9.17, 15) is 9.59 Å². The lowest BCUT2D eigenvalue weighted by molar-refractivity contribution is -0.132. The Kier molecular flexibility index (Phi) is 5.87. The Bertz CT molecular complexity index is 776. The number of carbonyl (C=O) groups excluding carboxylic acids is 2. The lowest BCUT2D eigenvalue weighted by Crippen LogP contribution is -2.36. The van der Waals surface area contributed by atoms with Gasteiger partial charge in [-0.15, -0.1) is 0 Å². The molecule has 1 aliphatic rings. The Balaban J connectivity index is 1.43. The van der Waals surface area contributed by atoms with Gasteiger partial charge in [0, 0.05) is 30.5 Å². The Hall–Kier alpha value is -2.14. The number of benzene rings is 2. The molecule has 1 N–H and O–H groups in total. The topological polar surface area (TPSA) is 49.4 Å². The molecule has 5 heteroatoms. The van der Waals surface area contributed by atoms with Gasteiger partial charge >= 0.3 is 0 Å². The average molecular weight is 401 g/mol. The summed E-state index contributed by atoms with van der Waals surface area (Å²) in [6.45, 7) is 1.97. The summed E-state index contributed by atoms with van der Waals surface area (Å²) in [7, 11) is 0. The summed E-state index contributed by atoms with van der Waals surface area (Å²) >= 11 is 3.37. The Labute approximate surface area is 156 Å². The van der Waals surface area contributed by atoms with Gasteiger partial charge in [-0.2, -0.15) is 0 Å². The quantitative estimate of drug-likeness (QED) is 0.780. The van der Waals surface area contributed by atoms with Gasteiger partial charge in [0.15, 0.2) is 0 Å². The fourth-order valence-corrected chi connectivity index (χ4v) is 3.51. The summed E-state index contributed by atoms with van der Waals surface area (Å²) < 4.78 is 0.774. The van der Waals surface area contributed by atoms with Crippen LogP contribution in [0.2, 0.25) is 0 Å². The molecule has 0 aliphatic carbocycles. The minimum absolute atomic E-state index is 0.119. The molecule has 0 bridgehead atoms. The lowest BCUT2D eigenvalue weighted by atomic mass is 9.99. The molecule has 25 heavy (non-hydrogen) atoms. The second-order valence-electron chi connectivity index (χ2n) is 6.17. The van der Waals surface area contributed by atoms with E-state index in [1.165, 1.54) is 11.1 Å². The van der Waals surface area contributed by atoms with Gasteiger partial charge in [0.1, 0.15) is 0 Å². The first-order valence-corrected chi connectivity index (χ1v) is 9.32. The molecule has 0 spiro atoms. The van der Waals surface area contributed by atoms with E-state index in [4.69, 9.17) is 0 Å². The smallest absolute Gasteiger partial charge is 0.252 e. The number of fused-ring (bicyclic) bond motifs is 1. The molecule has 0 aromatic heterocycles. The highest BCUT2D eigenvalue weighted by Gasteiger charge is 2.19. The number of amides is 2. The van der Waals surface area contributed by atoms with Crippen molar-refractivity contribution in [3.63, 3.8) is 0 Å². The van der Waals surface area contributed by atoms with Gasteiger partial charge in [-0.05, 0) is 52.0 Å². The van der Waals surface area contributed by atoms with Gasteiger partial charge in [0.05, 0.1) is 5.56 Å². The standard InChI is InChI=1S/C20H21BrN2O2/c21-18-9-4-3-8-17(18)20(25)22-12-5-10-19(24)23-13-11-15-6-1-2-7-16(15)14-23/h1-4,6-9H,5,10-14H2,(H,22,25). The molecule has 0 radical (unpaired) electrons. The maximum absolute atomic E-state index is 12.4. The van der Waals surface area contributed by atoms with E-state index in [-0.39, 0.29) is 11.8 Å². The Morgan fingerprint density at radius 1 is 1.04 bits per heavy atom. The zero-order valence-electron chi connectivity index (χ0n) is 14.0. The molecule has 2 aromatic rings. The molecule has 0 saturated heterocycles. The number of carbonyl (C=O) groups is 2. The predicted molar refractivity (Wildman–Crippen MR) is 101 cm³/mol. The van der Waals surface area contributed by atoms with Gasteiger partial charge in [-0.1, -0.05) is 36.4 Å². The van der Waals surface area contributed by atoms with Gasteiger partial charge < -0.3 is 10.2 Å². The van der Waals surface area contributed by atoms with Crippen molar-refractivity contribution in [3.05, 3.63) is 69.7 Å². The summed E-state index contributed by atoms with van der Waals surface area (Å²) in [4.78, 5) is 26.4. The molecule has 2 aromatic carbocycles. The second kappa shape index (κ2) is 8.30. The van der Waals surface area contributed by atoms with Gasteiger partial charge in [0.2, 0.25) is 5.91 Å². The number of halogens is 1. The summed E-state index contributed by atoms with van der Waals surface area (Å²) in [5.41, 5.74) is 3.19. The van der Waals surface area contributed by atoms with Crippen LogP contribution in [-0.2, 0) is 17.8 Å². The van der Waals surface area contributed by atoms with Crippen LogP contribution in [0.4, 0.5) is 0 Å². The molecule has 0 saturated carbocycles. The fraction of sp³-hybridized carbons (Fsp3) is 0.300. The van der Waals surface area contributed by atoms with Gasteiger partial charge in [-0.3, -0.25) is 9.59 Å². The van der Waals surface area contributed by atoms with Crippen LogP contribution in [0.15, 0.2) is 53.0 Å². The molecule has 130 valence electrons. The van der Waals surface area contributed by atoms with Crippen LogP contribution in [-0.4, -0.2) is 29.8 Å². The first-order chi connectivity index (χ1) is 12.1. The normalized spacial score (nSPS) is 13.2. The maximum atomic E-state index is 12.4. The number of nitrogens with zero attached hydrogens (tertiary/aromatic N) is 1. The Morgan fingerprint density at radius 2 is 1.76 bits per heavy atom. The number of hydrogen-bond acceptors (Lipinski definition) is 2. The van der Waals surface area contributed by atoms with Crippen LogP contribution < -0.4 is 5.32 Å². The average Bonchev–Trinajstić information content (AvgIpc) is 2.64. The van der Waals surface area contributed by atoms with E-state index in [0.717, 1.165) is 17.4 Å². The first-order valence-electron chi connectivity index (χ1n) is 8.52. The van der Waals surface area contributed by atoms with E-state index < -0.39 is 0 Å². The van der Waals surface area contributed by atoms with E-state index in [1.54, 1.807) is 6.07 Å². The molecular weight excluding hydrogens is 380 g/mol. The van der Waals surface area contributed by atoms with Crippen LogP contribution in [0.3, 0.4) is 0 Å². The third kappa shape index (κ3) is 4.48. The lowest BCUT2D eigenvalue weighted by Gasteiger charge is -2.29. The van der Waals surface area contributed by atoms with Crippen molar-refractivity contribution in [1.29, 1.82) is 0 Å². The minimum atomic E-state index is -0.119. The highest BCUT2D eigenvalue weighted by atomic mass is 79.9. The molecule has 4 nitrogen and oxygen atoms in total. The summed E-state index contributed by atoms with van der Waals surface area (Å²) in [5.74, 6) is 0.0384. The molecule has 0 fully saturated rings. The van der Waals surface area contributed by atoms with Crippen LogP contribution in [0.25, 0.3) is 0 Å². The van der Waals surface area contributed by atoms with Crippen LogP contribution in [0.1, 0.15) is 34.3 Å². The van der Waals surface area contributed by atoms with Crippen molar-refractivity contribution < 1.29 is 9.59 Å². The largest absolute Gasteiger partial charge is 0.352 e. The van der Waals surface area contributed by atoms with E-state index in [2.05, 4.69) is 33.4 Å². The van der Waals surface area contributed by atoms with Crippen molar-refractivity contribution in [2.45, 2.75) is 25.8 Å². The molecule has 0 unspecified atom stereocenters. The summed E-state index contributed by atoms with van der Waals surface area (Å²) in [6, 6.07) is 15.6. The summed E-state index contributed by atoms with van der Waals surface area (Å²) in [5, 5.41) is 2.87. The third-order valence-electron chi connectivity index (χ3n) is 4.45. The second-order valence-corrected chi connectivity index (χ2v) is 7.03. The monoisotopic (exact) mass is 400 g/mol. The van der Waals surface area contributed by atoms with Gasteiger partial charge in [-0.25, -0.2) is 0 Å². The predicted octanol–water partition coefficient (Wildman–Crippen LogP) is 3.54. The van der Waals surface area contributed by atoms with Crippen LogP contribution in [0.5, 0.6) is 0 Å². The SMILES string of the molecule is O=C(NCCCC(=O)N1CCc2ccccc2C1)c1ccccc1Br. The van der Waals surface area contributed by atoms with Crippen molar-refractivity contribution >= 4 is 27.7 Å². The molecule has 1 aliphatic heterocycles. The third-order valence-corrected chi connectivity index (χ3v) is 5.15. The van der Waals surface area contributed by atoms with Crippen molar-refractivity contribution in [2.24, 2.45) is 0 Å². The summed E-state index contributed by atoms with van der Waals surface area (Å²) in [6.07, 6.45) is 2.02. The fourth-order valence-electron chi connectivity index (χ4n) is 3.05.